The van der Waals surface area contributed by atoms with Crippen LogP contribution >= 0.6 is 0 Å². The molecule has 1 saturated carbocycles. The van der Waals surface area contributed by atoms with Crippen molar-refractivity contribution in [1.29, 1.82) is 0 Å². The number of carboxylic acids is 2. The molecule has 0 aliphatic heterocycles. The van der Waals surface area contributed by atoms with Gasteiger partial charge in [-0.05, 0) is 31.6 Å². The first-order chi connectivity index (χ1) is 9.90. The number of carboxylic acid groups (broad SMARTS) is 2. The van der Waals surface area contributed by atoms with Crippen molar-refractivity contribution >= 4 is 18.0 Å². The normalized spacial score (nSPS) is 24.6. The van der Waals surface area contributed by atoms with Crippen molar-refractivity contribution in [3.05, 3.63) is 0 Å². The van der Waals surface area contributed by atoms with Crippen molar-refractivity contribution in [3.8, 4) is 0 Å². The van der Waals surface area contributed by atoms with Crippen LogP contribution in [0.5, 0.6) is 0 Å². The molecule has 6 N–H and O–H groups in total. The predicted molar refractivity (Wildman–Crippen MR) is 67.5 cm³/mol. The topological polar surface area (TPSA) is 142 Å². The van der Waals surface area contributed by atoms with E-state index in [0.29, 0.717) is 18.8 Å². The van der Waals surface area contributed by atoms with Crippen LogP contribution < -0.4 is 16.6 Å². The maximum absolute atomic E-state index is 11.1. The van der Waals surface area contributed by atoms with Gasteiger partial charge < -0.3 is 15.9 Å². The number of halogens is 3. The minimum absolute atomic E-state index is 0.504. The van der Waals surface area contributed by atoms with E-state index >= 15 is 0 Å². The summed E-state index contributed by atoms with van der Waals surface area (Å²) in [7, 11) is 0. The van der Waals surface area contributed by atoms with E-state index in [9.17, 15) is 22.8 Å². The summed E-state index contributed by atoms with van der Waals surface area (Å²) in [5.74, 6) is -3.16. The lowest BCUT2D eigenvalue weighted by molar-refractivity contribution is -0.192. The van der Waals surface area contributed by atoms with Gasteiger partial charge in [-0.25, -0.2) is 15.0 Å². The summed E-state index contributed by atoms with van der Waals surface area (Å²) in [5, 5.41) is 16.3. The Bertz CT molecular complexity index is 420. The third-order valence-electron chi connectivity index (χ3n) is 3.20. The summed E-state index contributed by atoms with van der Waals surface area (Å²) in [6, 6.07) is -0.769. The Labute approximate surface area is 123 Å². The summed E-state index contributed by atoms with van der Waals surface area (Å²) in [5.41, 5.74) is 8.53. The molecule has 0 heterocycles. The van der Waals surface area contributed by atoms with Gasteiger partial charge in [0, 0.05) is 0 Å². The number of nitrogens with two attached hydrogens (primary N) is 1. The Morgan fingerprint density at radius 1 is 1.18 bits per heavy atom. The highest BCUT2D eigenvalue weighted by Gasteiger charge is 2.41. The van der Waals surface area contributed by atoms with Gasteiger partial charge in [0.1, 0.15) is 5.54 Å². The number of hydrogen-bond acceptors (Lipinski definition) is 4. The predicted octanol–water partition coefficient (Wildman–Crippen LogP) is 0.826. The van der Waals surface area contributed by atoms with E-state index in [1.807, 2.05) is 0 Å². The van der Waals surface area contributed by atoms with Gasteiger partial charge >= 0.3 is 24.1 Å². The number of nitrogens with one attached hydrogen (secondary N) is 2. The maximum Gasteiger partial charge on any atom is 0.490 e. The molecule has 0 aromatic rings. The van der Waals surface area contributed by atoms with Gasteiger partial charge in [-0.2, -0.15) is 13.2 Å². The van der Waals surface area contributed by atoms with E-state index in [1.54, 1.807) is 0 Å². The van der Waals surface area contributed by atoms with Gasteiger partial charge in [0.25, 0.3) is 0 Å². The Morgan fingerprint density at radius 2 is 1.59 bits per heavy atom. The molecule has 8 nitrogen and oxygen atoms in total. The largest absolute Gasteiger partial charge is 0.490 e. The van der Waals surface area contributed by atoms with Crippen LogP contribution in [-0.4, -0.2) is 39.9 Å². The molecule has 2 amide bonds. The summed E-state index contributed by atoms with van der Waals surface area (Å²) in [4.78, 5) is 30.6. The molecule has 1 aliphatic carbocycles. The van der Waals surface area contributed by atoms with Crippen LogP contribution in [0.4, 0.5) is 18.0 Å². The molecular formula is C11H18F3N3O5. The Kier molecular flexibility index (Phi) is 7.10. The fourth-order valence-electron chi connectivity index (χ4n) is 1.83. The number of hydrazine groups is 1. The smallest absolute Gasteiger partial charge is 0.480 e. The first-order valence-electron chi connectivity index (χ1n) is 6.27. The van der Waals surface area contributed by atoms with Crippen LogP contribution in [0.1, 0.15) is 32.6 Å². The zero-order chi connectivity index (χ0) is 17.6. The molecule has 0 saturated heterocycles. The van der Waals surface area contributed by atoms with Gasteiger partial charge in [-0.3, -0.25) is 10.2 Å². The van der Waals surface area contributed by atoms with Crippen molar-refractivity contribution in [2.24, 2.45) is 11.7 Å². The number of aliphatic carboxylic acids is 2. The van der Waals surface area contributed by atoms with Crippen LogP contribution in [0.2, 0.25) is 0 Å². The van der Waals surface area contributed by atoms with Crippen molar-refractivity contribution in [2.75, 3.05) is 0 Å². The minimum Gasteiger partial charge on any atom is -0.480 e. The summed E-state index contributed by atoms with van der Waals surface area (Å²) >= 11 is 0. The minimum atomic E-state index is -5.08. The Hall–Kier alpha value is -2.04. The molecule has 0 unspecified atom stereocenters. The molecular weight excluding hydrogens is 311 g/mol. The quantitative estimate of drug-likeness (QED) is 0.485. The van der Waals surface area contributed by atoms with Crippen LogP contribution in [0.3, 0.4) is 0 Å². The highest BCUT2D eigenvalue weighted by molar-refractivity contribution is 5.80. The van der Waals surface area contributed by atoms with Crippen LogP contribution in [0.25, 0.3) is 0 Å². The van der Waals surface area contributed by atoms with Crippen molar-refractivity contribution in [1.82, 2.24) is 10.9 Å². The standard InChI is InChI=1S/C9H17N3O3.C2HF3O2/c1-6-2-4-9(5-3-6,7(13)14)12-11-8(10)15;3-2(4,5)1(6)7/h6,12H,2-5H2,1H3,(H,13,14)(H3,10,11,15);(H,6,7). The third kappa shape index (κ3) is 6.61. The monoisotopic (exact) mass is 329 g/mol. The highest BCUT2D eigenvalue weighted by atomic mass is 19.4. The third-order valence-corrected chi connectivity index (χ3v) is 3.20. The second-order valence-corrected chi connectivity index (χ2v) is 4.99. The molecule has 11 heteroatoms. The number of hydrogen-bond donors (Lipinski definition) is 5. The van der Waals surface area contributed by atoms with Crippen molar-refractivity contribution in [3.63, 3.8) is 0 Å². The number of primary amides is 1. The van der Waals surface area contributed by atoms with E-state index < -0.39 is 29.7 Å². The number of carbonyl (C=O) groups is 3. The van der Waals surface area contributed by atoms with Gasteiger partial charge in [0.2, 0.25) is 0 Å². The molecule has 0 aromatic heterocycles. The SMILES string of the molecule is CC1CCC(NNC(N)=O)(C(=O)O)CC1.O=C(O)C(F)(F)F. The molecule has 1 rings (SSSR count). The van der Waals surface area contributed by atoms with Gasteiger partial charge in [0.05, 0.1) is 0 Å². The second-order valence-electron chi connectivity index (χ2n) is 4.99. The zero-order valence-corrected chi connectivity index (χ0v) is 11.7. The molecule has 0 spiro atoms. The van der Waals surface area contributed by atoms with E-state index in [0.717, 1.165) is 12.8 Å². The van der Waals surface area contributed by atoms with E-state index in [2.05, 4.69) is 17.8 Å². The molecule has 0 bridgehead atoms. The maximum atomic E-state index is 11.1. The van der Waals surface area contributed by atoms with Gasteiger partial charge in [-0.1, -0.05) is 6.92 Å². The second kappa shape index (κ2) is 7.82. The molecule has 128 valence electrons. The number of urea groups is 1. The number of alkyl halides is 3. The van der Waals surface area contributed by atoms with E-state index in [1.165, 1.54) is 0 Å². The average molecular weight is 329 g/mol. The lowest BCUT2D eigenvalue weighted by atomic mass is 9.77. The molecule has 22 heavy (non-hydrogen) atoms. The van der Waals surface area contributed by atoms with E-state index in [4.69, 9.17) is 20.7 Å². The molecule has 1 fully saturated rings. The zero-order valence-electron chi connectivity index (χ0n) is 11.7. The van der Waals surface area contributed by atoms with Gasteiger partial charge in [-0.15, -0.1) is 0 Å². The van der Waals surface area contributed by atoms with Crippen LogP contribution in [-0.2, 0) is 9.59 Å². The molecule has 0 atom stereocenters. The van der Waals surface area contributed by atoms with Crippen molar-refractivity contribution < 1.29 is 37.8 Å². The Morgan fingerprint density at radius 3 is 1.86 bits per heavy atom. The first-order valence-corrected chi connectivity index (χ1v) is 6.27. The van der Waals surface area contributed by atoms with Gasteiger partial charge in [0.15, 0.2) is 0 Å². The lowest BCUT2D eigenvalue weighted by Crippen LogP contribution is -2.61. The average Bonchev–Trinajstić information content (AvgIpc) is 2.37. The van der Waals surface area contributed by atoms with Crippen LogP contribution in [0.15, 0.2) is 0 Å². The highest BCUT2D eigenvalue weighted by Crippen LogP contribution is 2.31. The Balaban J connectivity index is 0.000000534. The lowest BCUT2D eigenvalue weighted by Gasteiger charge is -2.36. The van der Waals surface area contributed by atoms with Crippen LogP contribution in [0, 0.1) is 5.92 Å². The number of rotatable bonds is 3. The van der Waals surface area contributed by atoms with Crippen molar-refractivity contribution in [2.45, 2.75) is 44.3 Å². The number of amides is 2. The van der Waals surface area contributed by atoms with E-state index in [-0.39, 0.29) is 0 Å². The molecule has 0 aromatic carbocycles. The fraction of sp³-hybridized carbons (Fsp3) is 0.727. The molecule has 1 aliphatic rings. The fourth-order valence-corrected chi connectivity index (χ4v) is 1.83. The number of carbonyl (C=O) groups excluding carboxylic acids is 1. The summed E-state index contributed by atoms with van der Waals surface area (Å²) in [6.45, 7) is 2.09. The first kappa shape index (κ1) is 20.0. The summed E-state index contributed by atoms with van der Waals surface area (Å²) < 4.78 is 31.7. The summed E-state index contributed by atoms with van der Waals surface area (Å²) in [6.07, 6.45) is -2.41. The molecule has 0 radical (unpaired) electrons.